The molecule has 7 nitrogen and oxygen atoms in total. The number of nitrogens with one attached hydrogen (secondary N) is 4. The molecule has 0 unspecified atom stereocenters. The Morgan fingerprint density at radius 1 is 0.649 bits per heavy atom. The van der Waals surface area contributed by atoms with E-state index in [-0.39, 0.29) is 11.7 Å². The Bertz CT molecular complexity index is 1130. The lowest BCUT2D eigenvalue weighted by atomic mass is 9.86. The molecule has 0 aliphatic heterocycles. The van der Waals surface area contributed by atoms with E-state index in [1.54, 1.807) is 18.2 Å². The van der Waals surface area contributed by atoms with Crippen molar-refractivity contribution < 1.29 is 14.4 Å². The molecule has 0 spiro atoms. The predicted octanol–water partition coefficient (Wildman–Crippen LogP) is 5.87. The Balaban J connectivity index is 1.88. The molecule has 0 fully saturated rings. The molecule has 4 amide bonds. The number of benzene rings is 3. The molecule has 37 heavy (non-hydrogen) atoms. The van der Waals surface area contributed by atoms with Gasteiger partial charge in [-0.3, -0.25) is 4.79 Å². The number of anilines is 2. The van der Waals surface area contributed by atoms with Gasteiger partial charge in [0.1, 0.15) is 0 Å². The second-order valence-corrected chi connectivity index (χ2v) is 9.32. The monoisotopic (exact) mass is 500 g/mol. The number of hydrogen-bond acceptors (Lipinski definition) is 3. The average molecular weight is 501 g/mol. The number of ketones is 1. The molecule has 4 N–H and O–H groups in total. The third kappa shape index (κ3) is 8.49. The molecule has 3 aromatic rings. The maximum absolute atomic E-state index is 13.9. The summed E-state index contributed by atoms with van der Waals surface area (Å²) in [5.41, 5.74) is 6.07. The van der Waals surface area contributed by atoms with Gasteiger partial charge in [0.15, 0.2) is 5.78 Å². The van der Waals surface area contributed by atoms with Crippen molar-refractivity contribution in [3.63, 3.8) is 0 Å². The summed E-state index contributed by atoms with van der Waals surface area (Å²) in [5, 5.41) is 10.4. The molecule has 3 aromatic carbocycles. The highest BCUT2D eigenvalue weighted by atomic mass is 16.2. The molecule has 7 heteroatoms. The Morgan fingerprint density at radius 3 is 1.43 bits per heavy atom. The predicted molar refractivity (Wildman–Crippen MR) is 149 cm³/mol. The minimum absolute atomic E-state index is 0.0141. The number of urea groups is 2. The minimum atomic E-state index is -0.411. The van der Waals surface area contributed by atoms with Crippen LogP contribution >= 0.6 is 0 Å². The van der Waals surface area contributed by atoms with Gasteiger partial charge in [-0.15, -0.1) is 0 Å². The summed E-state index contributed by atoms with van der Waals surface area (Å²) in [6, 6.07) is 20.9. The van der Waals surface area contributed by atoms with Crippen molar-refractivity contribution in [2.24, 2.45) is 5.92 Å². The van der Waals surface area contributed by atoms with Gasteiger partial charge in [-0.1, -0.05) is 59.7 Å². The van der Waals surface area contributed by atoms with E-state index in [0.717, 1.165) is 12.8 Å². The van der Waals surface area contributed by atoms with E-state index in [1.807, 2.05) is 0 Å². The second kappa shape index (κ2) is 13.3. The van der Waals surface area contributed by atoms with Crippen LogP contribution in [0.1, 0.15) is 45.5 Å². The summed E-state index contributed by atoms with van der Waals surface area (Å²) < 4.78 is 0. The molecule has 0 aliphatic carbocycles. The summed E-state index contributed by atoms with van der Waals surface area (Å²) in [7, 11) is 3.03. The van der Waals surface area contributed by atoms with Crippen molar-refractivity contribution in [1.82, 2.24) is 10.6 Å². The highest BCUT2D eigenvalue weighted by Crippen LogP contribution is 2.26. The van der Waals surface area contributed by atoms with Crippen LogP contribution in [-0.4, -0.2) is 31.9 Å². The Kier molecular flexibility index (Phi) is 9.84. The van der Waals surface area contributed by atoms with Gasteiger partial charge in [0, 0.05) is 37.0 Å². The lowest BCUT2D eigenvalue weighted by Crippen LogP contribution is -2.26. The van der Waals surface area contributed by atoms with E-state index in [1.165, 1.54) is 36.3 Å². The van der Waals surface area contributed by atoms with E-state index >= 15 is 0 Å². The fourth-order valence-corrected chi connectivity index (χ4v) is 4.13. The topological polar surface area (TPSA) is 99.3 Å². The van der Waals surface area contributed by atoms with Gasteiger partial charge in [0.2, 0.25) is 0 Å². The first-order chi connectivity index (χ1) is 17.8. The first-order valence-corrected chi connectivity index (χ1v) is 12.5. The fraction of sp³-hybridized carbons (Fsp3) is 0.300. The van der Waals surface area contributed by atoms with Crippen LogP contribution in [0.5, 0.6) is 0 Å². The van der Waals surface area contributed by atoms with Crippen molar-refractivity contribution in [2.45, 2.75) is 39.5 Å². The lowest BCUT2D eigenvalue weighted by Gasteiger charge is -2.18. The molecule has 3 rings (SSSR count). The molecule has 0 atom stereocenters. The maximum Gasteiger partial charge on any atom is 0.318 e. The van der Waals surface area contributed by atoms with E-state index in [9.17, 15) is 14.4 Å². The zero-order chi connectivity index (χ0) is 26.8. The van der Waals surface area contributed by atoms with Crippen LogP contribution in [0.4, 0.5) is 21.0 Å². The third-order valence-electron chi connectivity index (χ3n) is 6.36. The number of Topliss-reactive ketones (excluding diaryl/α,β-unsaturated/α-hetero) is 1. The van der Waals surface area contributed by atoms with Gasteiger partial charge in [-0.05, 0) is 68.9 Å². The van der Waals surface area contributed by atoms with Crippen LogP contribution < -0.4 is 21.3 Å². The van der Waals surface area contributed by atoms with Crippen LogP contribution in [0.2, 0.25) is 0 Å². The van der Waals surface area contributed by atoms with Crippen molar-refractivity contribution in [3.8, 4) is 0 Å². The first-order valence-electron chi connectivity index (χ1n) is 12.5. The van der Waals surface area contributed by atoms with E-state index in [0.29, 0.717) is 29.8 Å². The number of carbonyl (C=O) groups excluding carboxylic acids is 3. The molecule has 0 bridgehead atoms. The van der Waals surface area contributed by atoms with Gasteiger partial charge in [-0.2, -0.15) is 0 Å². The molecule has 0 saturated carbocycles. The molecule has 0 saturated heterocycles. The molecule has 0 aromatic heterocycles. The summed E-state index contributed by atoms with van der Waals surface area (Å²) in [6.07, 6.45) is 2.95. The zero-order valence-electron chi connectivity index (χ0n) is 22.0. The molecular formula is C30H36N4O3. The van der Waals surface area contributed by atoms with Crippen molar-refractivity contribution in [1.29, 1.82) is 0 Å². The van der Waals surface area contributed by atoms with Gasteiger partial charge < -0.3 is 21.3 Å². The van der Waals surface area contributed by atoms with Crippen molar-refractivity contribution >= 4 is 29.2 Å². The fourth-order valence-electron chi connectivity index (χ4n) is 4.13. The number of carbonyl (C=O) groups is 3. The van der Waals surface area contributed by atoms with Crippen molar-refractivity contribution in [2.75, 3.05) is 24.7 Å². The standard InChI is InChI=1S/C30H36N4O3/c1-20-5-9-22(10-6-20)13-15-24(16-14-23-11-7-21(2)8-12-23)28(35)25-17-26(33-29(36)31-3)19-27(18-25)34-30(37)32-4/h5-12,17-19,24H,13-16H2,1-4H3,(H2,31,33,36)(H2,32,34,37). The molecular weight excluding hydrogens is 464 g/mol. The van der Waals surface area contributed by atoms with Gasteiger partial charge in [-0.25, -0.2) is 9.59 Å². The van der Waals surface area contributed by atoms with Crippen molar-refractivity contribution in [3.05, 3.63) is 94.5 Å². The summed E-state index contributed by atoms with van der Waals surface area (Å²) in [5.74, 6) is -0.245. The Labute approximate surface area is 219 Å². The summed E-state index contributed by atoms with van der Waals surface area (Å²) in [4.78, 5) is 37.7. The zero-order valence-corrected chi connectivity index (χ0v) is 22.0. The van der Waals surface area contributed by atoms with Gasteiger partial charge >= 0.3 is 12.1 Å². The van der Waals surface area contributed by atoms with Crippen LogP contribution in [0.3, 0.4) is 0 Å². The quantitative estimate of drug-likeness (QED) is 0.262. The summed E-state index contributed by atoms with van der Waals surface area (Å²) in [6.45, 7) is 4.11. The van der Waals surface area contributed by atoms with Crippen LogP contribution in [0.15, 0.2) is 66.7 Å². The number of hydrogen-bond donors (Lipinski definition) is 4. The lowest BCUT2D eigenvalue weighted by molar-refractivity contribution is 0.0906. The average Bonchev–Trinajstić information content (AvgIpc) is 2.90. The number of amides is 4. The molecule has 0 radical (unpaired) electrons. The third-order valence-corrected chi connectivity index (χ3v) is 6.36. The molecule has 194 valence electrons. The largest absolute Gasteiger partial charge is 0.341 e. The molecule has 0 aliphatic rings. The highest BCUT2D eigenvalue weighted by molar-refractivity contribution is 6.02. The Hall–Kier alpha value is -4.13. The van der Waals surface area contributed by atoms with Gasteiger partial charge in [0.25, 0.3) is 0 Å². The van der Waals surface area contributed by atoms with E-state index in [4.69, 9.17) is 0 Å². The maximum atomic E-state index is 13.9. The van der Waals surface area contributed by atoms with Crippen LogP contribution in [0.25, 0.3) is 0 Å². The molecule has 0 heterocycles. The van der Waals surface area contributed by atoms with Crippen LogP contribution in [0, 0.1) is 19.8 Å². The van der Waals surface area contributed by atoms with Crippen LogP contribution in [-0.2, 0) is 12.8 Å². The summed E-state index contributed by atoms with van der Waals surface area (Å²) >= 11 is 0. The normalized spacial score (nSPS) is 10.6. The Morgan fingerprint density at radius 2 is 1.05 bits per heavy atom. The smallest absolute Gasteiger partial charge is 0.318 e. The SMILES string of the molecule is CNC(=O)Nc1cc(NC(=O)NC)cc(C(=O)C(CCc2ccc(C)cc2)CCc2ccc(C)cc2)c1. The van der Waals surface area contributed by atoms with E-state index < -0.39 is 12.1 Å². The van der Waals surface area contributed by atoms with Gasteiger partial charge in [0.05, 0.1) is 0 Å². The van der Waals surface area contributed by atoms with E-state index in [2.05, 4.69) is 83.6 Å². The number of aryl methyl sites for hydroxylation is 4. The number of rotatable bonds is 10. The highest BCUT2D eigenvalue weighted by Gasteiger charge is 2.22. The minimum Gasteiger partial charge on any atom is -0.341 e. The first kappa shape index (κ1) is 27.5. The second-order valence-electron chi connectivity index (χ2n) is 9.32.